The summed E-state index contributed by atoms with van der Waals surface area (Å²) in [6.45, 7) is 0. The van der Waals surface area contributed by atoms with Gasteiger partial charge >= 0.3 is 0 Å². The number of aromatic nitrogens is 2. The molecule has 0 unspecified atom stereocenters. The molecule has 37 heavy (non-hydrogen) atoms. The lowest BCUT2D eigenvalue weighted by Gasteiger charge is -2.15. The molecule has 0 bridgehead atoms. The topological polar surface area (TPSA) is 38.9 Å². The molecular weight excluding hydrogens is 452 g/mol. The van der Waals surface area contributed by atoms with Crippen LogP contribution in [-0.4, -0.2) is 9.97 Å². The van der Waals surface area contributed by atoms with Gasteiger partial charge in [0, 0.05) is 27.3 Å². The summed E-state index contributed by atoms with van der Waals surface area (Å²) in [6.07, 6.45) is 0. The number of para-hydroxylation sites is 1. The number of furan rings is 1. The van der Waals surface area contributed by atoms with E-state index in [9.17, 15) is 0 Å². The van der Waals surface area contributed by atoms with E-state index in [0.29, 0.717) is 0 Å². The predicted octanol–water partition coefficient (Wildman–Crippen LogP) is 9.17. The highest BCUT2D eigenvalue weighted by Crippen LogP contribution is 2.44. The Kier molecular flexibility index (Phi) is 4.23. The van der Waals surface area contributed by atoms with Crippen molar-refractivity contribution < 1.29 is 4.42 Å². The van der Waals surface area contributed by atoms with E-state index in [4.69, 9.17) is 14.4 Å². The normalized spacial score (nSPS) is 11.8. The number of nitrogens with zero attached hydrogens (tertiary/aromatic N) is 2. The zero-order valence-corrected chi connectivity index (χ0v) is 19.8. The molecule has 0 N–H and O–H groups in total. The monoisotopic (exact) mass is 472 g/mol. The molecule has 0 radical (unpaired) electrons. The van der Waals surface area contributed by atoms with E-state index in [1.54, 1.807) is 0 Å². The zero-order valence-electron chi connectivity index (χ0n) is 19.8. The second-order valence-electron chi connectivity index (χ2n) is 9.39. The molecule has 0 spiro atoms. The molecule has 0 atom stereocenters. The quantitative estimate of drug-likeness (QED) is 0.235. The Balaban J connectivity index is 1.60. The lowest BCUT2D eigenvalue weighted by molar-refractivity contribution is 0.669. The maximum Gasteiger partial charge on any atom is 0.136 e. The van der Waals surface area contributed by atoms with Crippen molar-refractivity contribution >= 4 is 54.5 Å². The Bertz CT molecular complexity index is 2140. The van der Waals surface area contributed by atoms with E-state index in [1.165, 1.54) is 0 Å². The maximum atomic E-state index is 6.37. The molecule has 2 heterocycles. The summed E-state index contributed by atoms with van der Waals surface area (Å²) in [5.41, 5.74) is 7.34. The van der Waals surface area contributed by atoms with Crippen LogP contribution in [0.4, 0.5) is 0 Å². The smallest absolute Gasteiger partial charge is 0.136 e. The van der Waals surface area contributed by atoms with Crippen LogP contribution in [0.5, 0.6) is 0 Å². The number of hydrogen-bond acceptors (Lipinski definition) is 3. The fourth-order valence-corrected chi connectivity index (χ4v) is 5.56. The molecular formula is C34H20N2O. The Morgan fingerprint density at radius 3 is 2.05 bits per heavy atom. The first-order valence-electron chi connectivity index (χ1n) is 12.4. The van der Waals surface area contributed by atoms with Gasteiger partial charge in [-0.2, -0.15) is 0 Å². The highest BCUT2D eigenvalue weighted by atomic mass is 16.3. The second-order valence-corrected chi connectivity index (χ2v) is 9.39. The van der Waals surface area contributed by atoms with Crippen LogP contribution in [0, 0.1) is 0 Å². The molecule has 0 fully saturated rings. The summed E-state index contributed by atoms with van der Waals surface area (Å²) in [7, 11) is 0. The van der Waals surface area contributed by atoms with Gasteiger partial charge in [0.2, 0.25) is 0 Å². The molecule has 8 rings (SSSR count). The van der Waals surface area contributed by atoms with Gasteiger partial charge < -0.3 is 4.42 Å². The third-order valence-corrected chi connectivity index (χ3v) is 7.23. The van der Waals surface area contributed by atoms with Crippen molar-refractivity contribution in [2.45, 2.75) is 0 Å². The first-order chi connectivity index (χ1) is 18.3. The molecule has 0 aliphatic carbocycles. The first-order valence-corrected chi connectivity index (χ1v) is 12.4. The van der Waals surface area contributed by atoms with Crippen molar-refractivity contribution in [1.82, 2.24) is 9.97 Å². The molecule has 8 aromatic rings. The summed E-state index contributed by atoms with van der Waals surface area (Å²) in [5, 5.41) is 6.66. The van der Waals surface area contributed by atoms with E-state index >= 15 is 0 Å². The third kappa shape index (κ3) is 3.01. The van der Waals surface area contributed by atoms with Crippen molar-refractivity contribution in [2.75, 3.05) is 0 Å². The van der Waals surface area contributed by atoms with Gasteiger partial charge in [-0.05, 0) is 34.4 Å². The average molecular weight is 473 g/mol. The molecule has 0 aliphatic heterocycles. The Morgan fingerprint density at radius 1 is 0.486 bits per heavy atom. The fourth-order valence-electron chi connectivity index (χ4n) is 5.56. The van der Waals surface area contributed by atoms with Crippen molar-refractivity contribution in [2.24, 2.45) is 0 Å². The lowest BCUT2D eigenvalue weighted by Crippen LogP contribution is -1.97. The van der Waals surface area contributed by atoms with Crippen LogP contribution < -0.4 is 0 Å². The largest absolute Gasteiger partial charge is 0.456 e. The van der Waals surface area contributed by atoms with E-state index in [2.05, 4.69) is 103 Å². The summed E-state index contributed by atoms with van der Waals surface area (Å²) >= 11 is 0. The van der Waals surface area contributed by atoms with Crippen molar-refractivity contribution in [3.8, 4) is 22.5 Å². The van der Waals surface area contributed by atoms with Gasteiger partial charge in [-0.3, -0.25) is 0 Å². The van der Waals surface area contributed by atoms with Crippen LogP contribution in [0.3, 0.4) is 0 Å². The highest BCUT2D eigenvalue weighted by molar-refractivity contribution is 6.21. The minimum absolute atomic E-state index is 0.856. The van der Waals surface area contributed by atoms with Crippen LogP contribution in [-0.2, 0) is 0 Å². The molecule has 0 saturated carbocycles. The van der Waals surface area contributed by atoms with Crippen LogP contribution in [0.2, 0.25) is 0 Å². The lowest BCUT2D eigenvalue weighted by atomic mass is 9.93. The standard InChI is InChI=1S/C34H20N2O/c1-2-11-22(12-3-1)32-34(35-27-19-18-21-10-4-7-15-25(21)33(27)36-32)31-24-14-6-5-13-23(24)20-29-30(31)26-16-8-9-17-28(26)37-29/h1-20H. The maximum absolute atomic E-state index is 6.37. The molecule has 3 nitrogen and oxygen atoms in total. The Labute approximate surface area is 212 Å². The number of fused-ring (bicyclic) bond motifs is 7. The summed E-state index contributed by atoms with van der Waals surface area (Å²) in [6, 6.07) is 41.8. The van der Waals surface area contributed by atoms with E-state index in [0.717, 1.165) is 77.0 Å². The molecule has 3 heteroatoms. The molecule has 172 valence electrons. The molecule has 2 aromatic heterocycles. The van der Waals surface area contributed by atoms with Crippen LogP contribution >= 0.6 is 0 Å². The second kappa shape index (κ2) is 7.74. The average Bonchev–Trinajstić information content (AvgIpc) is 3.33. The number of rotatable bonds is 2. The Morgan fingerprint density at radius 2 is 1.19 bits per heavy atom. The van der Waals surface area contributed by atoms with Gasteiger partial charge in [0.15, 0.2) is 0 Å². The van der Waals surface area contributed by atoms with Crippen molar-refractivity contribution in [1.29, 1.82) is 0 Å². The minimum atomic E-state index is 0.856. The van der Waals surface area contributed by atoms with Crippen molar-refractivity contribution in [3.63, 3.8) is 0 Å². The number of hydrogen-bond donors (Lipinski definition) is 0. The predicted molar refractivity (Wildman–Crippen MR) is 153 cm³/mol. The van der Waals surface area contributed by atoms with Gasteiger partial charge in [-0.1, -0.05) is 103 Å². The summed E-state index contributed by atoms with van der Waals surface area (Å²) in [4.78, 5) is 10.7. The first kappa shape index (κ1) is 20.2. The summed E-state index contributed by atoms with van der Waals surface area (Å²) < 4.78 is 6.37. The van der Waals surface area contributed by atoms with Crippen LogP contribution in [0.15, 0.2) is 126 Å². The van der Waals surface area contributed by atoms with Gasteiger partial charge in [-0.25, -0.2) is 9.97 Å². The molecule has 0 aliphatic rings. The molecule has 6 aromatic carbocycles. The molecule has 0 saturated heterocycles. The van der Waals surface area contributed by atoms with E-state index in [1.807, 2.05) is 18.2 Å². The Hall–Kier alpha value is -5.02. The highest BCUT2D eigenvalue weighted by Gasteiger charge is 2.22. The number of benzene rings is 6. The third-order valence-electron chi connectivity index (χ3n) is 7.23. The van der Waals surface area contributed by atoms with Gasteiger partial charge in [-0.15, -0.1) is 0 Å². The summed E-state index contributed by atoms with van der Waals surface area (Å²) in [5.74, 6) is 0. The van der Waals surface area contributed by atoms with E-state index < -0.39 is 0 Å². The van der Waals surface area contributed by atoms with E-state index in [-0.39, 0.29) is 0 Å². The zero-order chi connectivity index (χ0) is 24.3. The van der Waals surface area contributed by atoms with Crippen molar-refractivity contribution in [3.05, 3.63) is 121 Å². The van der Waals surface area contributed by atoms with Gasteiger partial charge in [0.25, 0.3) is 0 Å². The van der Waals surface area contributed by atoms with Gasteiger partial charge in [0.1, 0.15) is 11.2 Å². The fraction of sp³-hybridized carbons (Fsp3) is 0. The minimum Gasteiger partial charge on any atom is -0.456 e. The van der Waals surface area contributed by atoms with Gasteiger partial charge in [0.05, 0.1) is 22.4 Å². The SMILES string of the molecule is c1ccc(-c2nc3c(ccc4ccccc43)nc2-c2c3ccccc3cc3oc4ccccc4c23)cc1. The molecule has 0 amide bonds. The van der Waals surface area contributed by atoms with Crippen LogP contribution in [0.1, 0.15) is 0 Å². The van der Waals surface area contributed by atoms with Crippen LogP contribution in [0.25, 0.3) is 77.0 Å².